The number of rotatable bonds is 4. The summed E-state index contributed by atoms with van der Waals surface area (Å²) in [6.45, 7) is 0. The molecule has 8 rings (SSSR count). The van der Waals surface area contributed by atoms with Crippen LogP contribution in [-0.4, -0.2) is 22.7 Å². The van der Waals surface area contributed by atoms with Crippen LogP contribution in [0.5, 0.6) is 5.75 Å². The van der Waals surface area contributed by atoms with Crippen LogP contribution in [0.4, 0.5) is 0 Å². The van der Waals surface area contributed by atoms with Crippen molar-refractivity contribution in [3.05, 3.63) is 155 Å². The van der Waals surface area contributed by atoms with Crippen LogP contribution in [0.1, 0.15) is 57.8 Å². The number of carbonyl (C=O) groups excluding carboxylic acids is 2. The molecule has 3 aliphatic rings. The van der Waals surface area contributed by atoms with Crippen molar-refractivity contribution in [1.82, 2.24) is 5.32 Å². The molecule has 5 aromatic carbocycles. The van der Waals surface area contributed by atoms with Crippen LogP contribution in [0, 0.1) is 5.41 Å². The molecular formula is C40H33NO3. The molecule has 1 saturated heterocycles. The second-order valence-corrected chi connectivity index (χ2v) is 12.5. The molecule has 44 heavy (non-hydrogen) atoms. The first-order valence-electron chi connectivity index (χ1n) is 15.5. The number of fused-ring (bicyclic) bond motifs is 2. The zero-order chi connectivity index (χ0) is 29.9. The SMILES string of the molecule is O=C1c2cccc3cccc(c23)[C@]12NC(Cc1ccc(O)cc1)[C@H](c1ccccc1)[C@]21CCC/C(=C\c2ccccc2)C1=O. The number of ketones is 2. The van der Waals surface area contributed by atoms with Gasteiger partial charge < -0.3 is 5.11 Å². The quantitative estimate of drug-likeness (QED) is 0.215. The van der Waals surface area contributed by atoms with Crippen molar-refractivity contribution >= 4 is 28.4 Å². The standard InChI is InChI=1S/C40H33NO3/c42-31-21-19-27(20-22-31)25-34-36(29-12-5-2-6-13-29)39(23-9-16-30(37(39)43)24-26-10-3-1-4-11-26)40(41-34)33-18-8-15-28-14-7-17-32(35(28)33)38(40)44/h1-8,10-15,17-22,24,34,36,41-42H,9,16,23,25H2/b30-24+/t34?,36-,39-,40-/m0/s1. The Morgan fingerprint density at radius 1 is 0.773 bits per heavy atom. The minimum Gasteiger partial charge on any atom is -0.508 e. The molecular weight excluding hydrogens is 542 g/mol. The summed E-state index contributed by atoms with van der Waals surface area (Å²) in [4.78, 5) is 30.6. The number of hydrogen-bond donors (Lipinski definition) is 2. The molecule has 2 N–H and O–H groups in total. The van der Waals surface area contributed by atoms with Crippen LogP contribution in [0.2, 0.25) is 0 Å². The second-order valence-electron chi connectivity index (χ2n) is 12.5. The minimum atomic E-state index is -1.22. The van der Waals surface area contributed by atoms with Gasteiger partial charge in [-0.1, -0.05) is 109 Å². The normalized spacial score (nSPS) is 26.8. The Labute approximate surface area is 257 Å². The Hall–Kier alpha value is -4.80. The number of Topliss-reactive ketones (excluding diaryl/α,β-unsaturated/α-hetero) is 2. The molecule has 1 unspecified atom stereocenters. The van der Waals surface area contributed by atoms with Crippen molar-refractivity contribution in [3.8, 4) is 5.75 Å². The molecule has 1 heterocycles. The first kappa shape index (κ1) is 26.8. The van der Waals surface area contributed by atoms with E-state index in [4.69, 9.17) is 0 Å². The van der Waals surface area contributed by atoms with E-state index in [1.54, 1.807) is 12.1 Å². The Bertz CT molecular complexity index is 1940. The van der Waals surface area contributed by atoms with Gasteiger partial charge in [-0.3, -0.25) is 14.9 Å². The van der Waals surface area contributed by atoms with E-state index in [1.165, 1.54) is 0 Å². The molecule has 0 aromatic heterocycles. The number of benzene rings is 5. The highest BCUT2D eigenvalue weighted by Gasteiger charge is 2.73. The van der Waals surface area contributed by atoms with Gasteiger partial charge in [0.05, 0.1) is 5.41 Å². The van der Waals surface area contributed by atoms with Crippen molar-refractivity contribution in [1.29, 1.82) is 0 Å². The molecule has 0 amide bonds. The molecule has 2 aliphatic carbocycles. The van der Waals surface area contributed by atoms with Gasteiger partial charge in [0.1, 0.15) is 11.3 Å². The average molecular weight is 576 g/mol. The monoisotopic (exact) mass is 575 g/mol. The van der Waals surface area contributed by atoms with Crippen LogP contribution >= 0.6 is 0 Å². The summed E-state index contributed by atoms with van der Waals surface area (Å²) in [6.07, 6.45) is 4.74. The van der Waals surface area contributed by atoms with Crippen LogP contribution in [0.25, 0.3) is 16.8 Å². The lowest BCUT2D eigenvalue weighted by Crippen LogP contribution is -2.59. The molecule has 2 spiro atoms. The highest BCUT2D eigenvalue weighted by molar-refractivity contribution is 6.24. The zero-order valence-electron chi connectivity index (χ0n) is 24.4. The minimum absolute atomic E-state index is 0.00671. The highest BCUT2D eigenvalue weighted by atomic mass is 16.3. The first-order valence-corrected chi connectivity index (χ1v) is 15.5. The van der Waals surface area contributed by atoms with E-state index in [0.717, 1.165) is 45.0 Å². The highest BCUT2D eigenvalue weighted by Crippen LogP contribution is 2.66. The van der Waals surface area contributed by atoms with E-state index in [0.29, 0.717) is 24.8 Å². The predicted octanol–water partition coefficient (Wildman–Crippen LogP) is 7.76. The summed E-state index contributed by atoms with van der Waals surface area (Å²) in [5, 5.41) is 15.9. The smallest absolute Gasteiger partial charge is 0.189 e. The van der Waals surface area contributed by atoms with E-state index >= 15 is 9.59 Å². The fraction of sp³-hybridized carbons (Fsp3) is 0.200. The number of phenolic OH excluding ortho intramolecular Hbond substituents is 1. The van der Waals surface area contributed by atoms with Crippen molar-refractivity contribution in [3.63, 3.8) is 0 Å². The molecule has 216 valence electrons. The van der Waals surface area contributed by atoms with Crippen LogP contribution < -0.4 is 5.32 Å². The number of hydrogen-bond acceptors (Lipinski definition) is 4. The van der Waals surface area contributed by atoms with Gasteiger partial charge in [0.15, 0.2) is 11.6 Å². The lowest BCUT2D eigenvalue weighted by Gasteiger charge is -2.47. The maximum absolute atomic E-state index is 15.5. The first-order chi connectivity index (χ1) is 21.5. The lowest BCUT2D eigenvalue weighted by atomic mass is 9.52. The van der Waals surface area contributed by atoms with Crippen LogP contribution in [-0.2, 0) is 16.8 Å². The van der Waals surface area contributed by atoms with Crippen molar-refractivity contribution in [2.75, 3.05) is 0 Å². The van der Waals surface area contributed by atoms with Crippen molar-refractivity contribution in [2.24, 2.45) is 5.41 Å². The molecule has 4 heteroatoms. The molecule has 0 radical (unpaired) electrons. The van der Waals surface area contributed by atoms with E-state index in [-0.39, 0.29) is 29.3 Å². The Morgan fingerprint density at radius 3 is 2.23 bits per heavy atom. The van der Waals surface area contributed by atoms with Gasteiger partial charge in [0.25, 0.3) is 0 Å². The van der Waals surface area contributed by atoms with E-state index in [2.05, 4.69) is 35.6 Å². The van der Waals surface area contributed by atoms with Gasteiger partial charge >= 0.3 is 0 Å². The Morgan fingerprint density at radius 2 is 1.48 bits per heavy atom. The zero-order valence-corrected chi connectivity index (χ0v) is 24.4. The maximum Gasteiger partial charge on any atom is 0.189 e. The molecule has 1 saturated carbocycles. The van der Waals surface area contributed by atoms with E-state index < -0.39 is 11.0 Å². The lowest BCUT2D eigenvalue weighted by molar-refractivity contribution is -0.130. The third kappa shape index (κ3) is 3.74. The van der Waals surface area contributed by atoms with Gasteiger partial charge in [0.2, 0.25) is 0 Å². The van der Waals surface area contributed by atoms with Crippen molar-refractivity contribution in [2.45, 2.75) is 43.2 Å². The number of phenols is 1. The Kier molecular flexibility index (Phi) is 6.18. The molecule has 2 fully saturated rings. The predicted molar refractivity (Wildman–Crippen MR) is 174 cm³/mol. The van der Waals surface area contributed by atoms with Gasteiger partial charge in [-0.2, -0.15) is 0 Å². The van der Waals surface area contributed by atoms with Crippen molar-refractivity contribution < 1.29 is 14.7 Å². The summed E-state index contributed by atoms with van der Waals surface area (Å²) in [7, 11) is 0. The third-order valence-corrected chi connectivity index (χ3v) is 10.3. The second kappa shape index (κ2) is 10.1. The number of carbonyl (C=O) groups is 2. The van der Waals surface area contributed by atoms with Gasteiger partial charge in [0, 0.05) is 17.5 Å². The topological polar surface area (TPSA) is 66.4 Å². The Balaban J connectivity index is 1.41. The summed E-state index contributed by atoms with van der Waals surface area (Å²) in [5.74, 6) is 0.0120. The van der Waals surface area contributed by atoms with Crippen LogP contribution in [0.15, 0.2) is 127 Å². The third-order valence-electron chi connectivity index (χ3n) is 10.3. The summed E-state index contributed by atoms with van der Waals surface area (Å²) < 4.78 is 0. The summed E-state index contributed by atoms with van der Waals surface area (Å²) in [5.41, 5.74) is 3.22. The number of allylic oxidation sites excluding steroid dienone is 1. The number of nitrogens with one attached hydrogen (secondary N) is 1. The molecule has 4 nitrogen and oxygen atoms in total. The number of aromatic hydroxyl groups is 1. The van der Waals surface area contributed by atoms with E-state index in [9.17, 15) is 5.11 Å². The molecule has 1 aliphatic heterocycles. The fourth-order valence-corrected chi connectivity index (χ4v) is 8.67. The molecule has 4 atom stereocenters. The van der Waals surface area contributed by atoms with Gasteiger partial charge in [-0.15, -0.1) is 0 Å². The average Bonchev–Trinajstić information content (AvgIpc) is 3.48. The maximum atomic E-state index is 15.5. The van der Waals surface area contributed by atoms with E-state index in [1.807, 2.05) is 84.9 Å². The summed E-state index contributed by atoms with van der Waals surface area (Å²) in [6, 6.07) is 39.5. The molecule has 0 bridgehead atoms. The molecule has 5 aromatic rings. The van der Waals surface area contributed by atoms with Gasteiger partial charge in [-0.05, 0) is 82.5 Å². The van der Waals surface area contributed by atoms with Gasteiger partial charge in [-0.25, -0.2) is 0 Å². The van der Waals surface area contributed by atoms with Crippen LogP contribution in [0.3, 0.4) is 0 Å². The fourth-order valence-electron chi connectivity index (χ4n) is 8.67. The summed E-state index contributed by atoms with van der Waals surface area (Å²) >= 11 is 0. The largest absolute Gasteiger partial charge is 0.508 e.